The van der Waals surface area contributed by atoms with Gasteiger partial charge in [0.2, 0.25) is 17.7 Å². The number of likely N-dealkylation sites (tertiary alicyclic amines) is 1. The summed E-state index contributed by atoms with van der Waals surface area (Å²) in [7, 11) is 0. The molecule has 1 spiro atoms. The van der Waals surface area contributed by atoms with E-state index < -0.39 is 29.6 Å². The minimum Gasteiger partial charge on any atom is -0.359 e. The van der Waals surface area contributed by atoms with Gasteiger partial charge in [0.15, 0.2) is 0 Å². The van der Waals surface area contributed by atoms with Crippen LogP contribution in [0.15, 0.2) is 36.4 Å². The van der Waals surface area contributed by atoms with Gasteiger partial charge in [0, 0.05) is 17.8 Å². The lowest BCUT2D eigenvalue weighted by molar-refractivity contribution is -0.146. The molecule has 2 saturated heterocycles. The lowest BCUT2D eigenvalue weighted by atomic mass is 9.74. The second-order valence-corrected chi connectivity index (χ2v) is 12.5. The second kappa shape index (κ2) is 9.82. The van der Waals surface area contributed by atoms with Gasteiger partial charge in [-0.15, -0.1) is 0 Å². The molecule has 3 heterocycles. The molecule has 1 aromatic rings. The maximum Gasteiger partial charge on any atom is 0.246 e. The maximum absolute atomic E-state index is 14.4. The number of amides is 3. The molecule has 9 atom stereocenters. The Balaban J connectivity index is 1.34. The third-order valence-corrected chi connectivity index (χ3v) is 10.0. The number of carbonyl (C=O) groups excluding carboxylic acids is 3. The second-order valence-electron chi connectivity index (χ2n) is 12.5. The number of anilines is 1. The Bertz CT molecular complexity index is 1150. The highest BCUT2D eigenvalue weighted by Crippen LogP contribution is 2.56. The van der Waals surface area contributed by atoms with Crippen LogP contribution in [-0.4, -0.2) is 52.5 Å². The zero-order valence-electron chi connectivity index (χ0n) is 22.8. The minimum atomic E-state index is -1.10. The van der Waals surface area contributed by atoms with Crippen molar-refractivity contribution < 1.29 is 19.1 Å². The highest BCUT2D eigenvalue weighted by atomic mass is 16.5. The molecule has 2 aliphatic carbocycles. The monoisotopic (exact) mass is 519 g/mol. The third-order valence-electron chi connectivity index (χ3n) is 10.0. The number of rotatable bonds is 5. The molecule has 6 rings (SSSR count). The Labute approximate surface area is 225 Å². The Kier molecular flexibility index (Phi) is 6.61. The largest absolute Gasteiger partial charge is 0.359 e. The van der Waals surface area contributed by atoms with Gasteiger partial charge in [-0.1, -0.05) is 63.8 Å². The summed E-state index contributed by atoms with van der Waals surface area (Å²) in [4.78, 5) is 44.1. The van der Waals surface area contributed by atoms with Gasteiger partial charge in [0.05, 0.1) is 17.9 Å². The van der Waals surface area contributed by atoms with Crippen LogP contribution in [0.25, 0.3) is 0 Å². The van der Waals surface area contributed by atoms with Gasteiger partial charge >= 0.3 is 0 Å². The van der Waals surface area contributed by atoms with Gasteiger partial charge < -0.3 is 20.3 Å². The molecular weight excluding hydrogens is 478 g/mol. The van der Waals surface area contributed by atoms with Crippen LogP contribution in [0, 0.1) is 30.6 Å². The minimum absolute atomic E-state index is 0.0210. The summed E-state index contributed by atoms with van der Waals surface area (Å²) in [5.74, 6) is -1.10. The van der Waals surface area contributed by atoms with Gasteiger partial charge in [0.1, 0.15) is 11.6 Å². The van der Waals surface area contributed by atoms with Gasteiger partial charge in [-0.2, -0.15) is 0 Å². The highest BCUT2D eigenvalue weighted by Gasteiger charge is 2.73. The Morgan fingerprint density at radius 1 is 1.00 bits per heavy atom. The molecule has 2 bridgehead atoms. The molecule has 38 heavy (non-hydrogen) atoms. The van der Waals surface area contributed by atoms with E-state index in [0.29, 0.717) is 17.5 Å². The summed E-state index contributed by atoms with van der Waals surface area (Å²) >= 11 is 0. The molecule has 1 aromatic carbocycles. The summed E-state index contributed by atoms with van der Waals surface area (Å²) in [6.07, 6.45) is 11.8. The predicted octanol–water partition coefficient (Wildman–Crippen LogP) is 4.36. The van der Waals surface area contributed by atoms with Crippen LogP contribution in [0.5, 0.6) is 0 Å². The predicted molar refractivity (Wildman–Crippen MR) is 145 cm³/mol. The van der Waals surface area contributed by atoms with Gasteiger partial charge in [-0.25, -0.2) is 0 Å². The quantitative estimate of drug-likeness (QED) is 0.566. The van der Waals surface area contributed by atoms with E-state index in [4.69, 9.17) is 4.74 Å². The normalized spacial score (nSPS) is 39.8. The zero-order valence-corrected chi connectivity index (χ0v) is 22.8. The van der Waals surface area contributed by atoms with Gasteiger partial charge in [-0.3, -0.25) is 14.4 Å². The molecule has 5 aliphatic rings. The number of nitrogens with zero attached hydrogens (tertiary/aromatic N) is 1. The lowest BCUT2D eigenvalue weighted by Crippen LogP contribution is -2.60. The molecule has 0 unspecified atom stereocenters. The van der Waals surface area contributed by atoms with E-state index >= 15 is 0 Å². The number of hydrogen-bond donors (Lipinski definition) is 2. The van der Waals surface area contributed by atoms with Gasteiger partial charge in [-0.05, 0) is 62.1 Å². The van der Waals surface area contributed by atoms with E-state index in [1.54, 1.807) is 0 Å². The number of nitrogens with one attached hydrogen (secondary N) is 2. The summed E-state index contributed by atoms with van der Waals surface area (Å²) in [6.45, 7) is 6.38. The van der Waals surface area contributed by atoms with Crippen molar-refractivity contribution in [1.29, 1.82) is 0 Å². The van der Waals surface area contributed by atoms with Crippen molar-refractivity contribution in [3.05, 3.63) is 42.0 Å². The average molecular weight is 520 g/mol. The first-order chi connectivity index (χ1) is 18.3. The summed E-state index contributed by atoms with van der Waals surface area (Å²) in [6, 6.07) is 7.00. The summed E-state index contributed by atoms with van der Waals surface area (Å²) in [5.41, 5.74) is 0.654. The van der Waals surface area contributed by atoms with Crippen LogP contribution >= 0.6 is 0 Å². The topological polar surface area (TPSA) is 87.7 Å². The number of aryl methyl sites for hydroxylation is 1. The number of benzene rings is 1. The Morgan fingerprint density at radius 2 is 1.74 bits per heavy atom. The van der Waals surface area contributed by atoms with Crippen LogP contribution < -0.4 is 10.6 Å². The van der Waals surface area contributed by atoms with Crippen LogP contribution in [0.3, 0.4) is 0 Å². The van der Waals surface area contributed by atoms with E-state index in [-0.39, 0.29) is 29.8 Å². The number of fused-ring (bicyclic) bond motifs is 1. The SMILES string of the molecule is Cc1cccc(NC(=O)[C@H]2[C@H]3C=C[C@@]4(O3)[C@H]2C(=O)N([C@@H]2CCCC[C@@H]2C)[C@@H]4C(=O)N[C@@H]2CCCC[C@@H]2C)c1. The fourth-order valence-electron chi connectivity index (χ4n) is 8.01. The summed E-state index contributed by atoms with van der Waals surface area (Å²) in [5, 5.41) is 6.38. The molecular formula is C31H41N3O4. The van der Waals surface area contributed by atoms with Crippen LogP contribution in [0.4, 0.5) is 5.69 Å². The number of hydrogen-bond acceptors (Lipinski definition) is 4. The molecule has 2 saturated carbocycles. The highest BCUT2D eigenvalue weighted by molar-refractivity contribution is 6.03. The molecule has 3 aliphatic heterocycles. The van der Waals surface area contributed by atoms with Crippen LogP contribution in [0.2, 0.25) is 0 Å². The Hall–Kier alpha value is -2.67. The smallest absolute Gasteiger partial charge is 0.246 e. The standard InChI is InChI=1S/C31H41N3O4/c1-18-9-8-12-21(17-18)32-28(35)25-24-15-16-31(38-24)26(25)30(37)34(23-14-7-5-11-20(23)3)27(31)29(36)33-22-13-6-4-10-19(22)2/h8-9,12,15-17,19-20,22-27H,4-7,10-11,13-14H2,1-3H3,(H,32,35)(H,33,36)/t19-,20-,22+,23+,24+,25-,26+,27+,31+/m0/s1. The van der Waals surface area contributed by atoms with Crippen LogP contribution in [-0.2, 0) is 19.1 Å². The van der Waals surface area contributed by atoms with Crippen molar-refractivity contribution in [2.24, 2.45) is 23.7 Å². The first-order valence-corrected chi connectivity index (χ1v) is 14.7. The van der Waals surface area contributed by atoms with Crippen molar-refractivity contribution in [3.63, 3.8) is 0 Å². The van der Waals surface area contributed by atoms with Crippen molar-refractivity contribution in [2.45, 2.75) is 102 Å². The third kappa shape index (κ3) is 4.09. The molecule has 204 valence electrons. The number of carbonyl (C=O) groups is 3. The fraction of sp³-hybridized carbons (Fsp3) is 0.645. The molecule has 7 heteroatoms. The lowest BCUT2D eigenvalue weighted by Gasteiger charge is -2.42. The average Bonchev–Trinajstić information content (AvgIpc) is 3.53. The van der Waals surface area contributed by atoms with E-state index in [1.165, 1.54) is 6.42 Å². The molecule has 3 amide bonds. The molecule has 4 fully saturated rings. The number of ether oxygens (including phenoxy) is 1. The van der Waals surface area contributed by atoms with Crippen molar-refractivity contribution >= 4 is 23.4 Å². The van der Waals surface area contributed by atoms with E-state index in [9.17, 15) is 14.4 Å². The Morgan fingerprint density at radius 3 is 2.47 bits per heavy atom. The first kappa shape index (κ1) is 25.6. The summed E-state index contributed by atoms with van der Waals surface area (Å²) < 4.78 is 6.56. The van der Waals surface area contributed by atoms with E-state index in [1.807, 2.05) is 48.2 Å². The first-order valence-electron chi connectivity index (χ1n) is 14.7. The van der Waals surface area contributed by atoms with E-state index in [2.05, 4.69) is 24.5 Å². The fourth-order valence-corrected chi connectivity index (χ4v) is 8.01. The molecule has 2 N–H and O–H groups in total. The zero-order chi connectivity index (χ0) is 26.6. The van der Waals surface area contributed by atoms with Crippen molar-refractivity contribution in [1.82, 2.24) is 10.2 Å². The van der Waals surface area contributed by atoms with E-state index in [0.717, 1.165) is 50.5 Å². The van der Waals surface area contributed by atoms with Crippen LogP contribution in [0.1, 0.15) is 70.8 Å². The van der Waals surface area contributed by atoms with Crippen molar-refractivity contribution in [2.75, 3.05) is 5.32 Å². The molecule has 0 aromatic heterocycles. The van der Waals surface area contributed by atoms with Gasteiger partial charge in [0.25, 0.3) is 0 Å². The maximum atomic E-state index is 14.4. The molecule has 0 radical (unpaired) electrons. The van der Waals surface area contributed by atoms with Crippen molar-refractivity contribution in [3.8, 4) is 0 Å². The molecule has 7 nitrogen and oxygen atoms in total.